The van der Waals surface area contributed by atoms with E-state index < -0.39 is 0 Å². The lowest BCUT2D eigenvalue weighted by atomic mass is 10.2. The summed E-state index contributed by atoms with van der Waals surface area (Å²) < 4.78 is 1.31. The summed E-state index contributed by atoms with van der Waals surface area (Å²) >= 11 is 1.76. The molecule has 1 aromatic carbocycles. The fourth-order valence-corrected chi connectivity index (χ4v) is 2.46. The second-order valence-corrected chi connectivity index (χ2v) is 4.67. The Morgan fingerprint density at radius 1 is 1.18 bits per heavy atom. The van der Waals surface area contributed by atoms with Crippen LogP contribution in [0.3, 0.4) is 0 Å². The van der Waals surface area contributed by atoms with Gasteiger partial charge in [0, 0.05) is 22.8 Å². The van der Waals surface area contributed by atoms with E-state index in [0.29, 0.717) is 6.54 Å². The number of benzene rings is 1. The molecule has 0 saturated heterocycles. The van der Waals surface area contributed by atoms with E-state index in [1.807, 2.05) is 0 Å². The van der Waals surface area contributed by atoms with Crippen molar-refractivity contribution < 1.29 is 0 Å². The van der Waals surface area contributed by atoms with Gasteiger partial charge in [-0.25, -0.2) is 0 Å². The number of hydrogen-bond acceptors (Lipinski definition) is 4. The first-order valence-corrected chi connectivity index (χ1v) is 6.26. The van der Waals surface area contributed by atoms with E-state index in [-0.39, 0.29) is 0 Å². The van der Waals surface area contributed by atoms with Gasteiger partial charge in [-0.05, 0) is 35.0 Å². The molecule has 0 radical (unpaired) electrons. The van der Waals surface area contributed by atoms with Gasteiger partial charge in [-0.15, -0.1) is 11.3 Å². The molecule has 4 heteroatoms. The Morgan fingerprint density at radius 3 is 3.06 bits per heavy atom. The van der Waals surface area contributed by atoms with E-state index in [0.717, 1.165) is 11.4 Å². The van der Waals surface area contributed by atoms with Crippen LogP contribution in [-0.2, 0) is 6.54 Å². The van der Waals surface area contributed by atoms with Crippen molar-refractivity contribution in [3.8, 4) is 0 Å². The number of fused-ring (bicyclic) bond motifs is 1. The highest BCUT2D eigenvalue weighted by Gasteiger charge is 1.98. The molecule has 0 atom stereocenters. The normalized spacial score (nSPS) is 10.6. The van der Waals surface area contributed by atoms with E-state index in [2.05, 4.69) is 44.9 Å². The number of hydrogen-bond donors (Lipinski definition) is 1. The lowest BCUT2D eigenvalue weighted by Crippen LogP contribution is -2.01. The van der Waals surface area contributed by atoms with Gasteiger partial charge in [0.15, 0.2) is 0 Å². The molecule has 0 aliphatic heterocycles. The maximum atomic E-state index is 4.22. The molecule has 0 aliphatic carbocycles. The molecule has 17 heavy (non-hydrogen) atoms. The van der Waals surface area contributed by atoms with Crippen LogP contribution in [0.5, 0.6) is 0 Å². The Hall–Kier alpha value is -1.94. The zero-order valence-corrected chi connectivity index (χ0v) is 9.95. The zero-order valence-electron chi connectivity index (χ0n) is 9.13. The van der Waals surface area contributed by atoms with Crippen LogP contribution in [0.15, 0.2) is 48.2 Å². The lowest BCUT2D eigenvalue weighted by molar-refractivity contribution is 1.01. The molecule has 2 heterocycles. The molecule has 3 rings (SSSR count). The van der Waals surface area contributed by atoms with E-state index >= 15 is 0 Å². The average molecular weight is 241 g/mol. The molecule has 0 fully saturated rings. The summed E-state index contributed by atoms with van der Waals surface area (Å²) in [6.45, 7) is 0.698. The number of aromatic nitrogens is 2. The van der Waals surface area contributed by atoms with Crippen molar-refractivity contribution in [2.45, 2.75) is 6.54 Å². The van der Waals surface area contributed by atoms with Crippen molar-refractivity contribution in [1.29, 1.82) is 0 Å². The predicted molar refractivity (Wildman–Crippen MR) is 71.2 cm³/mol. The van der Waals surface area contributed by atoms with Crippen molar-refractivity contribution in [2.75, 3.05) is 5.32 Å². The van der Waals surface area contributed by atoms with Crippen LogP contribution in [0.2, 0.25) is 0 Å². The lowest BCUT2D eigenvalue weighted by Gasteiger charge is -2.05. The summed E-state index contributed by atoms with van der Waals surface area (Å²) in [5.41, 5.74) is 2.06. The number of anilines is 1. The van der Waals surface area contributed by atoms with Crippen LogP contribution >= 0.6 is 11.3 Å². The highest BCUT2D eigenvalue weighted by atomic mass is 32.1. The molecule has 0 saturated carbocycles. The highest BCUT2D eigenvalue weighted by Crippen LogP contribution is 2.24. The Kier molecular flexibility index (Phi) is 2.71. The molecular weight excluding hydrogens is 230 g/mol. The molecule has 0 amide bonds. The second kappa shape index (κ2) is 4.51. The van der Waals surface area contributed by atoms with Crippen LogP contribution < -0.4 is 5.32 Å². The molecule has 3 aromatic rings. The minimum atomic E-state index is 0.698. The first-order chi connectivity index (χ1) is 8.42. The van der Waals surface area contributed by atoms with Crippen LogP contribution in [0, 0.1) is 0 Å². The van der Waals surface area contributed by atoms with E-state index in [4.69, 9.17) is 0 Å². The minimum absolute atomic E-state index is 0.698. The molecule has 0 bridgehead atoms. The molecule has 1 N–H and O–H groups in total. The first-order valence-electron chi connectivity index (χ1n) is 5.38. The monoisotopic (exact) mass is 241 g/mol. The fourth-order valence-electron chi connectivity index (χ4n) is 1.69. The van der Waals surface area contributed by atoms with Gasteiger partial charge in [0.05, 0.1) is 18.4 Å². The van der Waals surface area contributed by atoms with Crippen LogP contribution in [0.4, 0.5) is 5.69 Å². The van der Waals surface area contributed by atoms with E-state index in [1.54, 1.807) is 29.9 Å². The van der Waals surface area contributed by atoms with Crippen molar-refractivity contribution in [3.05, 3.63) is 53.9 Å². The third kappa shape index (κ3) is 2.26. The summed E-state index contributed by atoms with van der Waals surface area (Å²) in [5.74, 6) is 0. The van der Waals surface area contributed by atoms with Gasteiger partial charge in [-0.3, -0.25) is 9.97 Å². The van der Waals surface area contributed by atoms with Gasteiger partial charge in [-0.2, -0.15) is 0 Å². The van der Waals surface area contributed by atoms with Gasteiger partial charge >= 0.3 is 0 Å². The third-order valence-electron chi connectivity index (χ3n) is 2.54. The molecule has 0 aliphatic rings. The number of rotatable bonds is 3. The van der Waals surface area contributed by atoms with Crippen molar-refractivity contribution >= 4 is 27.1 Å². The maximum Gasteiger partial charge on any atom is 0.0777 e. The minimum Gasteiger partial charge on any atom is -0.379 e. The quantitative estimate of drug-likeness (QED) is 0.764. The van der Waals surface area contributed by atoms with Gasteiger partial charge < -0.3 is 5.32 Å². The Morgan fingerprint density at radius 2 is 2.18 bits per heavy atom. The average Bonchev–Trinajstić information content (AvgIpc) is 2.85. The molecule has 84 valence electrons. The highest BCUT2D eigenvalue weighted by molar-refractivity contribution is 7.17. The van der Waals surface area contributed by atoms with Gasteiger partial charge in [0.1, 0.15) is 0 Å². The van der Waals surface area contributed by atoms with Gasteiger partial charge in [0.25, 0.3) is 0 Å². The van der Waals surface area contributed by atoms with Crippen molar-refractivity contribution in [3.63, 3.8) is 0 Å². The van der Waals surface area contributed by atoms with Gasteiger partial charge in [-0.1, -0.05) is 0 Å². The first kappa shape index (κ1) is 10.2. The summed E-state index contributed by atoms with van der Waals surface area (Å²) in [6, 6.07) is 8.52. The maximum absolute atomic E-state index is 4.22. The second-order valence-electron chi connectivity index (χ2n) is 3.72. The van der Waals surface area contributed by atoms with E-state index in [1.165, 1.54) is 10.1 Å². The number of nitrogens with one attached hydrogen (secondary N) is 1. The Balaban J connectivity index is 1.76. The topological polar surface area (TPSA) is 37.8 Å². The molecule has 3 nitrogen and oxygen atoms in total. The fraction of sp³-hybridized carbons (Fsp3) is 0.0769. The molecule has 2 aromatic heterocycles. The van der Waals surface area contributed by atoms with Crippen molar-refractivity contribution in [1.82, 2.24) is 9.97 Å². The van der Waals surface area contributed by atoms with Crippen LogP contribution in [0.25, 0.3) is 10.1 Å². The molecule has 0 spiro atoms. The Labute approximate surface area is 103 Å². The summed E-state index contributed by atoms with van der Waals surface area (Å²) in [6.07, 6.45) is 5.16. The summed E-state index contributed by atoms with van der Waals surface area (Å²) in [4.78, 5) is 8.26. The predicted octanol–water partition coefficient (Wildman–Crippen LogP) is 3.30. The Bertz CT molecular complexity index is 619. The van der Waals surface area contributed by atoms with Gasteiger partial charge in [0.2, 0.25) is 0 Å². The summed E-state index contributed by atoms with van der Waals surface area (Å²) in [7, 11) is 0. The SMILES string of the molecule is c1cnc(CNc2ccc3sccc3c2)cn1. The smallest absolute Gasteiger partial charge is 0.0777 e. The largest absolute Gasteiger partial charge is 0.379 e. The zero-order chi connectivity index (χ0) is 11.5. The number of nitrogens with zero attached hydrogens (tertiary/aromatic N) is 2. The van der Waals surface area contributed by atoms with Crippen molar-refractivity contribution in [2.24, 2.45) is 0 Å². The van der Waals surface area contributed by atoms with Crippen LogP contribution in [0.1, 0.15) is 5.69 Å². The number of thiophene rings is 1. The molecular formula is C13H11N3S. The van der Waals surface area contributed by atoms with Crippen LogP contribution in [-0.4, -0.2) is 9.97 Å². The summed E-state index contributed by atoms with van der Waals surface area (Å²) in [5, 5.41) is 6.73. The standard InChI is InChI=1S/C13H11N3S/c1-2-13-10(3-6-17-13)7-11(1)16-9-12-8-14-4-5-15-12/h1-8,16H,9H2. The molecule has 0 unspecified atom stereocenters. The third-order valence-corrected chi connectivity index (χ3v) is 3.44. The van der Waals surface area contributed by atoms with E-state index in [9.17, 15) is 0 Å².